The molecule has 2 N–H and O–H groups in total. The fourth-order valence-electron chi connectivity index (χ4n) is 0.0680. The molecule has 0 saturated heterocycles. The standard InChI is InChI=1S/C3H6O2.C2H7N/c1-2-5-3-4;1-2-3/h3H,2H2,1H3;2-3H2,1H3. The Bertz CT molecular complexity index is 39.4. The van der Waals surface area contributed by atoms with Crippen LogP contribution in [0.5, 0.6) is 0 Å². The van der Waals surface area contributed by atoms with Crippen LogP contribution in [0.1, 0.15) is 13.8 Å². The Morgan fingerprint density at radius 2 is 2.00 bits per heavy atom. The number of carbonyl (C=O) groups excluding carboxylic acids is 1. The van der Waals surface area contributed by atoms with Crippen molar-refractivity contribution >= 4 is 6.47 Å². The zero-order valence-electron chi connectivity index (χ0n) is 5.39. The Kier molecular flexibility index (Phi) is 21.0. The average Bonchev–Trinajstić information content (AvgIpc) is 1.71. The van der Waals surface area contributed by atoms with Crippen LogP contribution in [0.3, 0.4) is 0 Å². The first kappa shape index (κ1) is 10.4. The highest BCUT2D eigenvalue weighted by atomic mass is 16.5. The van der Waals surface area contributed by atoms with Gasteiger partial charge in [-0.05, 0) is 13.5 Å². The van der Waals surface area contributed by atoms with Gasteiger partial charge in [0, 0.05) is 0 Å². The Labute approximate surface area is 49.8 Å². The predicted octanol–water partition coefficient (Wildman–Crippen LogP) is 0.144. The lowest BCUT2D eigenvalue weighted by molar-refractivity contribution is -0.128. The SMILES string of the molecule is CCN.CCOC=O. The van der Waals surface area contributed by atoms with Crippen LogP contribution in [0, 0.1) is 0 Å². The number of ether oxygens (including phenoxy) is 1. The minimum atomic E-state index is 0.431. The van der Waals surface area contributed by atoms with Crippen LogP contribution in [0.4, 0.5) is 0 Å². The van der Waals surface area contributed by atoms with Gasteiger partial charge in [0.05, 0.1) is 6.61 Å². The minimum absolute atomic E-state index is 0.431. The Hall–Kier alpha value is -0.570. The topological polar surface area (TPSA) is 52.3 Å². The number of hydrogen-bond donors (Lipinski definition) is 1. The van der Waals surface area contributed by atoms with Crippen molar-refractivity contribution < 1.29 is 9.53 Å². The zero-order valence-corrected chi connectivity index (χ0v) is 5.39. The van der Waals surface area contributed by atoms with E-state index in [0.717, 1.165) is 6.54 Å². The Morgan fingerprint density at radius 3 is 2.00 bits per heavy atom. The molecular weight excluding hydrogens is 106 g/mol. The third-order valence-electron chi connectivity index (χ3n) is 0.235. The molecule has 3 heteroatoms. The molecule has 0 heterocycles. The summed E-state index contributed by atoms with van der Waals surface area (Å²) in [6.07, 6.45) is 0. The maximum Gasteiger partial charge on any atom is 0.293 e. The molecule has 0 bridgehead atoms. The molecule has 0 fully saturated rings. The van der Waals surface area contributed by atoms with Crippen molar-refractivity contribution in [3.63, 3.8) is 0 Å². The molecule has 0 unspecified atom stereocenters. The first-order chi connectivity index (χ1) is 3.83. The second-order valence-electron chi connectivity index (χ2n) is 0.960. The van der Waals surface area contributed by atoms with E-state index >= 15 is 0 Å². The summed E-state index contributed by atoms with van der Waals surface area (Å²) in [7, 11) is 0. The molecule has 0 aromatic heterocycles. The molecule has 0 aromatic rings. The molecule has 8 heavy (non-hydrogen) atoms. The van der Waals surface area contributed by atoms with Crippen LogP contribution in [-0.4, -0.2) is 19.6 Å². The molecule has 0 saturated carbocycles. The van der Waals surface area contributed by atoms with Crippen molar-refractivity contribution in [2.45, 2.75) is 13.8 Å². The summed E-state index contributed by atoms with van der Waals surface area (Å²) in [5, 5.41) is 0. The van der Waals surface area contributed by atoms with E-state index in [9.17, 15) is 4.79 Å². The van der Waals surface area contributed by atoms with Crippen LogP contribution < -0.4 is 5.73 Å². The smallest absolute Gasteiger partial charge is 0.293 e. The highest BCUT2D eigenvalue weighted by Crippen LogP contribution is 1.55. The van der Waals surface area contributed by atoms with Gasteiger partial charge in [-0.1, -0.05) is 6.92 Å². The third kappa shape index (κ3) is 52.1. The molecule has 0 spiro atoms. The Balaban J connectivity index is 0. The van der Waals surface area contributed by atoms with Crippen LogP contribution >= 0.6 is 0 Å². The van der Waals surface area contributed by atoms with E-state index in [0.29, 0.717) is 13.1 Å². The second kappa shape index (κ2) is 16.1. The van der Waals surface area contributed by atoms with E-state index in [1.54, 1.807) is 6.92 Å². The number of carbonyl (C=O) groups is 1. The van der Waals surface area contributed by atoms with Gasteiger partial charge in [-0.2, -0.15) is 0 Å². The highest BCUT2D eigenvalue weighted by Gasteiger charge is 1.60. The molecule has 0 aliphatic carbocycles. The van der Waals surface area contributed by atoms with Gasteiger partial charge in [-0.3, -0.25) is 4.79 Å². The van der Waals surface area contributed by atoms with E-state index < -0.39 is 0 Å². The van der Waals surface area contributed by atoms with Crippen LogP contribution in [0.2, 0.25) is 0 Å². The van der Waals surface area contributed by atoms with Gasteiger partial charge in [0.25, 0.3) is 6.47 Å². The molecule has 0 amide bonds. The maximum absolute atomic E-state index is 9.18. The van der Waals surface area contributed by atoms with Crippen LogP contribution in [0.15, 0.2) is 0 Å². The van der Waals surface area contributed by atoms with Crippen molar-refractivity contribution in [1.29, 1.82) is 0 Å². The fourth-order valence-corrected chi connectivity index (χ4v) is 0.0680. The van der Waals surface area contributed by atoms with Crippen molar-refractivity contribution in [2.24, 2.45) is 5.73 Å². The summed E-state index contributed by atoms with van der Waals surface area (Å²) >= 11 is 0. The lowest BCUT2D eigenvalue weighted by atomic mass is 10.8. The largest absolute Gasteiger partial charge is 0.468 e. The normalized spacial score (nSPS) is 6.38. The molecule has 50 valence electrons. The number of hydrogen-bond acceptors (Lipinski definition) is 3. The van der Waals surface area contributed by atoms with Gasteiger partial charge in [-0.25, -0.2) is 0 Å². The molecule has 3 nitrogen and oxygen atoms in total. The van der Waals surface area contributed by atoms with Crippen molar-refractivity contribution in [1.82, 2.24) is 0 Å². The van der Waals surface area contributed by atoms with Crippen LogP contribution in [-0.2, 0) is 9.53 Å². The summed E-state index contributed by atoms with van der Waals surface area (Å²) in [6, 6.07) is 0. The van der Waals surface area contributed by atoms with Gasteiger partial charge in [0.2, 0.25) is 0 Å². The van der Waals surface area contributed by atoms with Crippen molar-refractivity contribution in [3.8, 4) is 0 Å². The van der Waals surface area contributed by atoms with Crippen molar-refractivity contribution in [2.75, 3.05) is 13.2 Å². The summed E-state index contributed by atoms with van der Waals surface area (Å²) in [5.74, 6) is 0. The third-order valence-corrected chi connectivity index (χ3v) is 0.235. The van der Waals surface area contributed by atoms with Gasteiger partial charge < -0.3 is 10.5 Å². The maximum atomic E-state index is 9.18. The predicted molar refractivity (Wildman–Crippen MR) is 32.4 cm³/mol. The zero-order chi connectivity index (χ0) is 6.83. The average molecular weight is 119 g/mol. The second-order valence-corrected chi connectivity index (χ2v) is 0.960. The van der Waals surface area contributed by atoms with Gasteiger partial charge in [-0.15, -0.1) is 0 Å². The lowest BCUT2D eigenvalue weighted by Crippen LogP contribution is -1.87. The molecule has 0 rings (SSSR count). The molecule has 0 atom stereocenters. The van der Waals surface area contributed by atoms with Gasteiger partial charge in [0.15, 0.2) is 0 Å². The fraction of sp³-hybridized carbons (Fsp3) is 0.800. The molecule has 0 aliphatic rings. The number of rotatable bonds is 2. The summed E-state index contributed by atoms with van der Waals surface area (Å²) in [5.41, 5.74) is 4.85. The minimum Gasteiger partial charge on any atom is -0.468 e. The highest BCUT2D eigenvalue weighted by molar-refractivity contribution is 5.36. The monoisotopic (exact) mass is 119 g/mol. The summed E-state index contributed by atoms with van der Waals surface area (Å²) < 4.78 is 4.15. The van der Waals surface area contributed by atoms with E-state index in [1.807, 2.05) is 6.92 Å². The van der Waals surface area contributed by atoms with Gasteiger partial charge in [0.1, 0.15) is 0 Å². The Morgan fingerprint density at radius 1 is 1.62 bits per heavy atom. The molecule has 0 aromatic carbocycles. The molecular formula is C5H13NO2. The van der Waals surface area contributed by atoms with E-state index in [1.165, 1.54) is 0 Å². The van der Waals surface area contributed by atoms with E-state index in [-0.39, 0.29) is 0 Å². The first-order valence-corrected chi connectivity index (χ1v) is 2.58. The summed E-state index contributed by atoms with van der Waals surface area (Å²) in [4.78, 5) is 9.18. The lowest BCUT2D eigenvalue weighted by Gasteiger charge is -1.79. The summed E-state index contributed by atoms with van der Waals surface area (Å²) in [6.45, 7) is 5.32. The number of nitrogens with two attached hydrogens (primary N) is 1. The van der Waals surface area contributed by atoms with E-state index in [2.05, 4.69) is 4.74 Å². The van der Waals surface area contributed by atoms with E-state index in [4.69, 9.17) is 5.73 Å². The first-order valence-electron chi connectivity index (χ1n) is 2.58. The quantitative estimate of drug-likeness (QED) is 0.526. The molecule has 0 aliphatic heterocycles. The van der Waals surface area contributed by atoms with Crippen LogP contribution in [0.25, 0.3) is 0 Å². The molecule has 0 radical (unpaired) electrons. The van der Waals surface area contributed by atoms with Gasteiger partial charge >= 0.3 is 0 Å². The van der Waals surface area contributed by atoms with Crippen molar-refractivity contribution in [3.05, 3.63) is 0 Å².